The SMILES string of the molecule is CC(O)CN1CCN(CCOc2cccc(C#N)c2)CC1. The minimum Gasteiger partial charge on any atom is -0.492 e. The molecule has 0 bridgehead atoms. The summed E-state index contributed by atoms with van der Waals surface area (Å²) in [6, 6.07) is 9.36. The maximum absolute atomic E-state index is 9.38. The van der Waals surface area contributed by atoms with Crippen LogP contribution in [0.15, 0.2) is 24.3 Å². The van der Waals surface area contributed by atoms with Gasteiger partial charge in [0.15, 0.2) is 0 Å². The van der Waals surface area contributed by atoms with E-state index in [0.29, 0.717) is 12.2 Å². The van der Waals surface area contributed by atoms with E-state index in [4.69, 9.17) is 10.00 Å². The van der Waals surface area contributed by atoms with Crippen LogP contribution in [0.1, 0.15) is 12.5 Å². The highest BCUT2D eigenvalue weighted by Crippen LogP contribution is 2.12. The van der Waals surface area contributed by atoms with Crippen LogP contribution in [-0.4, -0.2) is 66.9 Å². The molecule has 5 heteroatoms. The van der Waals surface area contributed by atoms with Crippen molar-refractivity contribution >= 4 is 0 Å². The molecule has 0 aliphatic carbocycles. The maximum Gasteiger partial charge on any atom is 0.120 e. The number of nitriles is 1. The minimum absolute atomic E-state index is 0.257. The number of β-amino-alcohol motifs (C(OH)–C–C–N with tert-alkyl or cyclic N) is 1. The Morgan fingerprint density at radius 2 is 2.00 bits per heavy atom. The number of ether oxygens (including phenoxy) is 1. The first-order valence-corrected chi connectivity index (χ1v) is 7.43. The molecule has 1 heterocycles. The Balaban J connectivity index is 1.67. The van der Waals surface area contributed by atoms with Crippen molar-refractivity contribution < 1.29 is 9.84 Å². The lowest BCUT2D eigenvalue weighted by Crippen LogP contribution is -2.49. The molecule has 1 aromatic rings. The van der Waals surface area contributed by atoms with E-state index in [0.717, 1.165) is 45.0 Å². The second kappa shape index (κ2) is 7.99. The van der Waals surface area contributed by atoms with Crippen LogP contribution < -0.4 is 4.74 Å². The summed E-state index contributed by atoms with van der Waals surface area (Å²) < 4.78 is 5.70. The summed E-state index contributed by atoms with van der Waals surface area (Å²) in [5, 5.41) is 18.2. The van der Waals surface area contributed by atoms with Crippen molar-refractivity contribution in [3.05, 3.63) is 29.8 Å². The van der Waals surface area contributed by atoms with E-state index in [9.17, 15) is 5.11 Å². The molecule has 1 fully saturated rings. The van der Waals surface area contributed by atoms with Crippen molar-refractivity contribution in [1.82, 2.24) is 9.80 Å². The summed E-state index contributed by atoms with van der Waals surface area (Å²) in [6.45, 7) is 8.11. The molecule has 0 aromatic heterocycles. The molecule has 5 nitrogen and oxygen atoms in total. The van der Waals surface area contributed by atoms with Crippen LogP contribution >= 0.6 is 0 Å². The smallest absolute Gasteiger partial charge is 0.120 e. The molecule has 0 amide bonds. The zero-order valence-electron chi connectivity index (χ0n) is 12.5. The second-order valence-electron chi connectivity index (χ2n) is 5.48. The van der Waals surface area contributed by atoms with Gasteiger partial charge in [-0.05, 0) is 25.1 Å². The quantitative estimate of drug-likeness (QED) is 0.844. The van der Waals surface area contributed by atoms with Gasteiger partial charge >= 0.3 is 0 Å². The Kier molecular flexibility index (Phi) is 6.00. The van der Waals surface area contributed by atoms with Crippen LogP contribution in [0.5, 0.6) is 5.75 Å². The fourth-order valence-electron chi connectivity index (χ4n) is 2.52. The minimum atomic E-state index is -0.257. The van der Waals surface area contributed by atoms with Crippen molar-refractivity contribution in [3.8, 4) is 11.8 Å². The molecule has 1 unspecified atom stereocenters. The van der Waals surface area contributed by atoms with Gasteiger partial charge in [-0.25, -0.2) is 0 Å². The number of aliphatic hydroxyl groups excluding tert-OH is 1. The third-order valence-corrected chi connectivity index (χ3v) is 3.63. The van der Waals surface area contributed by atoms with E-state index in [1.54, 1.807) is 12.1 Å². The first-order chi connectivity index (χ1) is 10.2. The topological polar surface area (TPSA) is 59.7 Å². The van der Waals surface area contributed by atoms with E-state index in [1.165, 1.54) is 0 Å². The van der Waals surface area contributed by atoms with Crippen LogP contribution in [0.2, 0.25) is 0 Å². The Labute approximate surface area is 126 Å². The molecule has 1 aliphatic rings. The van der Waals surface area contributed by atoms with Gasteiger partial charge < -0.3 is 9.84 Å². The summed E-state index contributed by atoms with van der Waals surface area (Å²) in [5.74, 6) is 0.752. The van der Waals surface area contributed by atoms with Crippen molar-refractivity contribution in [3.63, 3.8) is 0 Å². The molecule has 1 aliphatic heterocycles. The van der Waals surface area contributed by atoms with Crippen LogP contribution in [0.4, 0.5) is 0 Å². The van der Waals surface area contributed by atoms with Crippen LogP contribution in [0, 0.1) is 11.3 Å². The highest BCUT2D eigenvalue weighted by atomic mass is 16.5. The summed E-state index contributed by atoms with van der Waals surface area (Å²) >= 11 is 0. The molecule has 0 saturated carbocycles. The van der Waals surface area contributed by atoms with E-state index >= 15 is 0 Å². The molecule has 114 valence electrons. The Bertz CT molecular complexity index is 477. The zero-order valence-corrected chi connectivity index (χ0v) is 12.5. The predicted molar refractivity (Wildman–Crippen MR) is 81.2 cm³/mol. The zero-order chi connectivity index (χ0) is 15.1. The summed E-state index contributed by atoms with van der Waals surface area (Å²) in [7, 11) is 0. The van der Waals surface area contributed by atoms with Crippen LogP contribution in [-0.2, 0) is 0 Å². The maximum atomic E-state index is 9.38. The number of aliphatic hydroxyl groups is 1. The van der Waals surface area contributed by atoms with Crippen LogP contribution in [0.3, 0.4) is 0 Å². The number of hydrogen-bond donors (Lipinski definition) is 1. The van der Waals surface area contributed by atoms with E-state index < -0.39 is 0 Å². The Morgan fingerprint density at radius 1 is 1.29 bits per heavy atom. The third-order valence-electron chi connectivity index (χ3n) is 3.63. The average Bonchev–Trinajstić information content (AvgIpc) is 2.49. The van der Waals surface area contributed by atoms with Gasteiger partial charge in [0.25, 0.3) is 0 Å². The van der Waals surface area contributed by atoms with Gasteiger partial charge in [-0.15, -0.1) is 0 Å². The van der Waals surface area contributed by atoms with Crippen molar-refractivity contribution in [2.75, 3.05) is 45.9 Å². The molecule has 0 radical (unpaired) electrons. The molecule has 2 rings (SSSR count). The largest absolute Gasteiger partial charge is 0.492 e. The standard InChI is InChI=1S/C16H23N3O2/c1-14(20)13-19-7-5-18(6-8-19)9-10-21-16-4-2-3-15(11-16)12-17/h2-4,11,14,20H,5-10,13H2,1H3. The van der Waals surface area contributed by atoms with Crippen molar-refractivity contribution in [1.29, 1.82) is 5.26 Å². The van der Waals surface area contributed by atoms with Gasteiger partial charge in [-0.3, -0.25) is 9.80 Å². The van der Waals surface area contributed by atoms with E-state index in [1.807, 2.05) is 19.1 Å². The number of hydrogen-bond acceptors (Lipinski definition) is 5. The van der Waals surface area contributed by atoms with Gasteiger partial charge in [0.05, 0.1) is 17.7 Å². The molecule has 1 aromatic carbocycles. The molecular formula is C16H23N3O2. The molecular weight excluding hydrogens is 266 g/mol. The number of benzene rings is 1. The van der Waals surface area contributed by atoms with Gasteiger partial charge in [0, 0.05) is 39.3 Å². The van der Waals surface area contributed by atoms with E-state index in [-0.39, 0.29) is 6.10 Å². The number of nitrogens with zero attached hydrogens (tertiary/aromatic N) is 3. The fourth-order valence-corrected chi connectivity index (χ4v) is 2.52. The number of rotatable bonds is 6. The lowest BCUT2D eigenvalue weighted by atomic mass is 10.2. The Morgan fingerprint density at radius 3 is 2.67 bits per heavy atom. The number of piperazine rings is 1. The predicted octanol–water partition coefficient (Wildman–Crippen LogP) is 0.935. The Hall–Kier alpha value is -1.61. The van der Waals surface area contributed by atoms with Gasteiger partial charge in [-0.1, -0.05) is 6.07 Å². The average molecular weight is 289 g/mol. The summed E-state index contributed by atoms with van der Waals surface area (Å²) in [6.07, 6.45) is -0.257. The van der Waals surface area contributed by atoms with Gasteiger partial charge in [0.2, 0.25) is 0 Å². The summed E-state index contributed by atoms with van der Waals surface area (Å²) in [4.78, 5) is 4.66. The lowest BCUT2D eigenvalue weighted by Gasteiger charge is -2.35. The molecule has 21 heavy (non-hydrogen) atoms. The fraction of sp³-hybridized carbons (Fsp3) is 0.562. The van der Waals surface area contributed by atoms with Crippen LogP contribution in [0.25, 0.3) is 0 Å². The lowest BCUT2D eigenvalue weighted by molar-refractivity contribution is 0.0750. The third kappa shape index (κ3) is 5.35. The molecule has 1 saturated heterocycles. The molecule has 1 atom stereocenters. The molecule has 1 N–H and O–H groups in total. The highest BCUT2D eigenvalue weighted by molar-refractivity contribution is 5.36. The normalized spacial score (nSPS) is 18.1. The highest BCUT2D eigenvalue weighted by Gasteiger charge is 2.17. The second-order valence-corrected chi connectivity index (χ2v) is 5.48. The first-order valence-electron chi connectivity index (χ1n) is 7.43. The first kappa shape index (κ1) is 15.8. The van der Waals surface area contributed by atoms with E-state index in [2.05, 4.69) is 15.9 Å². The van der Waals surface area contributed by atoms with Gasteiger partial charge in [0.1, 0.15) is 12.4 Å². The summed E-state index contributed by atoms with van der Waals surface area (Å²) in [5.41, 5.74) is 0.624. The van der Waals surface area contributed by atoms with Gasteiger partial charge in [-0.2, -0.15) is 5.26 Å². The molecule has 0 spiro atoms. The van der Waals surface area contributed by atoms with Crippen molar-refractivity contribution in [2.45, 2.75) is 13.0 Å². The monoisotopic (exact) mass is 289 g/mol. The van der Waals surface area contributed by atoms with Crippen molar-refractivity contribution in [2.24, 2.45) is 0 Å².